The van der Waals surface area contributed by atoms with Gasteiger partial charge in [0, 0.05) is 17.7 Å². The van der Waals surface area contributed by atoms with Crippen molar-refractivity contribution in [3.63, 3.8) is 0 Å². The van der Waals surface area contributed by atoms with Crippen LogP contribution in [0.2, 0.25) is 0 Å². The number of hydrogen-bond donors (Lipinski definition) is 1. The second-order valence-corrected chi connectivity index (χ2v) is 8.53. The summed E-state index contributed by atoms with van der Waals surface area (Å²) in [6.45, 7) is 3.05. The third kappa shape index (κ3) is 5.24. The number of rotatable bonds is 8. The number of amides is 1. The molecule has 32 heavy (non-hydrogen) atoms. The molecule has 1 aromatic heterocycles. The quantitative estimate of drug-likeness (QED) is 0.297. The fraction of sp³-hybridized carbons (Fsp3) is 0.185. The largest absolute Gasteiger partial charge is 0.315 e. The Hall–Kier alpha value is -3.44. The number of para-hydroxylation sites is 1. The molecule has 0 atom stereocenters. The van der Waals surface area contributed by atoms with Crippen molar-refractivity contribution in [2.75, 3.05) is 5.32 Å². The van der Waals surface area contributed by atoms with Crippen molar-refractivity contribution < 1.29 is 4.79 Å². The summed E-state index contributed by atoms with van der Waals surface area (Å²) in [7, 11) is 0. The minimum atomic E-state index is -0.115. The molecule has 0 bridgehead atoms. The molecule has 0 fully saturated rings. The monoisotopic (exact) mass is 441 g/mol. The van der Waals surface area contributed by atoms with Crippen molar-refractivity contribution in [2.24, 2.45) is 4.99 Å². The summed E-state index contributed by atoms with van der Waals surface area (Å²) < 4.78 is 2.25. The van der Waals surface area contributed by atoms with Gasteiger partial charge >= 0.3 is 0 Å². The SMILES string of the molecule is CCCCCn1c(-c2ccccc2)c(NC(=O)c2ccccc2)sc1=Nc1ccccc1. The van der Waals surface area contributed by atoms with E-state index in [-0.39, 0.29) is 5.91 Å². The van der Waals surface area contributed by atoms with Gasteiger partial charge in [-0.15, -0.1) is 0 Å². The highest BCUT2D eigenvalue weighted by Crippen LogP contribution is 2.32. The molecule has 1 heterocycles. The second-order valence-electron chi connectivity index (χ2n) is 7.55. The van der Waals surface area contributed by atoms with E-state index in [1.165, 1.54) is 11.3 Å². The molecular weight excluding hydrogens is 414 g/mol. The average Bonchev–Trinajstić information content (AvgIpc) is 3.17. The molecule has 0 radical (unpaired) electrons. The first-order valence-electron chi connectivity index (χ1n) is 11.0. The number of unbranched alkanes of at least 4 members (excludes halogenated alkanes) is 2. The van der Waals surface area contributed by atoms with Crippen LogP contribution >= 0.6 is 11.3 Å². The first-order valence-corrected chi connectivity index (χ1v) is 11.8. The third-order valence-corrected chi connectivity index (χ3v) is 6.18. The summed E-state index contributed by atoms with van der Waals surface area (Å²) in [5, 5.41) is 3.98. The predicted octanol–water partition coefficient (Wildman–Crippen LogP) is 6.89. The van der Waals surface area contributed by atoms with Crippen LogP contribution in [0.3, 0.4) is 0 Å². The standard InChI is InChI=1S/C27H27N3OS/c1-2-3-13-20-30-24(21-14-7-4-8-15-21)26(29-25(31)22-16-9-5-10-17-22)32-27(30)28-23-18-11-6-12-19-23/h4-12,14-19H,2-3,13,20H2,1H3,(H,29,31). The van der Waals surface area contributed by atoms with E-state index in [4.69, 9.17) is 4.99 Å². The van der Waals surface area contributed by atoms with Crippen molar-refractivity contribution in [3.05, 3.63) is 101 Å². The molecule has 5 heteroatoms. The van der Waals surface area contributed by atoms with E-state index in [1.54, 1.807) is 0 Å². The van der Waals surface area contributed by atoms with Crippen LogP contribution in [0.15, 0.2) is 96.0 Å². The van der Waals surface area contributed by atoms with Gasteiger partial charge in [-0.2, -0.15) is 0 Å². The van der Waals surface area contributed by atoms with Gasteiger partial charge in [-0.3, -0.25) is 4.79 Å². The summed E-state index contributed by atoms with van der Waals surface area (Å²) in [6, 6.07) is 29.5. The van der Waals surface area contributed by atoms with Crippen LogP contribution in [-0.2, 0) is 6.54 Å². The number of thiazole rings is 1. The van der Waals surface area contributed by atoms with Crippen molar-refractivity contribution >= 4 is 27.9 Å². The average molecular weight is 442 g/mol. The molecular formula is C27H27N3OS. The van der Waals surface area contributed by atoms with Crippen LogP contribution in [0, 0.1) is 0 Å². The second kappa shape index (κ2) is 10.7. The van der Waals surface area contributed by atoms with Gasteiger partial charge in [0.2, 0.25) is 0 Å². The fourth-order valence-electron chi connectivity index (χ4n) is 3.57. The number of benzene rings is 3. The van der Waals surface area contributed by atoms with Crippen LogP contribution in [0.4, 0.5) is 10.7 Å². The van der Waals surface area contributed by atoms with E-state index in [0.29, 0.717) is 5.56 Å². The Balaban J connectivity index is 1.84. The molecule has 4 aromatic rings. The first kappa shape index (κ1) is 21.8. The molecule has 0 aliphatic carbocycles. The number of carbonyl (C=O) groups excluding carboxylic acids is 1. The summed E-state index contributed by atoms with van der Waals surface area (Å²) in [5.41, 5.74) is 3.61. The molecule has 0 aliphatic rings. The van der Waals surface area contributed by atoms with Gasteiger partial charge in [0.05, 0.1) is 11.4 Å². The maximum atomic E-state index is 13.0. The molecule has 4 nitrogen and oxygen atoms in total. The molecule has 0 spiro atoms. The predicted molar refractivity (Wildman–Crippen MR) is 133 cm³/mol. The summed E-state index contributed by atoms with van der Waals surface area (Å²) in [4.78, 5) is 18.8. The highest BCUT2D eigenvalue weighted by molar-refractivity contribution is 7.14. The van der Waals surface area contributed by atoms with Crippen LogP contribution in [0.25, 0.3) is 11.3 Å². The number of nitrogens with one attached hydrogen (secondary N) is 1. The number of carbonyl (C=O) groups is 1. The van der Waals surface area contributed by atoms with Gasteiger partial charge in [0.1, 0.15) is 5.00 Å². The Bertz CT molecular complexity index is 1210. The Labute approximate surface area is 192 Å². The third-order valence-electron chi connectivity index (χ3n) is 5.19. The van der Waals surface area contributed by atoms with Gasteiger partial charge < -0.3 is 9.88 Å². The molecule has 1 N–H and O–H groups in total. The number of hydrogen-bond acceptors (Lipinski definition) is 3. The van der Waals surface area contributed by atoms with Crippen molar-refractivity contribution in [1.29, 1.82) is 0 Å². The summed E-state index contributed by atoms with van der Waals surface area (Å²) in [5.74, 6) is -0.115. The topological polar surface area (TPSA) is 46.4 Å². The zero-order valence-electron chi connectivity index (χ0n) is 18.2. The smallest absolute Gasteiger partial charge is 0.256 e. The van der Waals surface area contributed by atoms with E-state index in [1.807, 2.05) is 78.9 Å². The summed E-state index contributed by atoms with van der Waals surface area (Å²) >= 11 is 1.52. The fourth-order valence-corrected chi connectivity index (χ4v) is 4.66. The first-order chi connectivity index (χ1) is 15.8. The van der Waals surface area contributed by atoms with Crippen molar-refractivity contribution in [2.45, 2.75) is 32.7 Å². The molecule has 1 amide bonds. The van der Waals surface area contributed by atoms with E-state index in [0.717, 1.165) is 52.6 Å². The van der Waals surface area contributed by atoms with Gasteiger partial charge in [0.15, 0.2) is 4.80 Å². The minimum absolute atomic E-state index is 0.115. The molecule has 162 valence electrons. The Morgan fingerprint density at radius 2 is 1.50 bits per heavy atom. The Morgan fingerprint density at radius 3 is 2.16 bits per heavy atom. The molecule has 3 aromatic carbocycles. The highest BCUT2D eigenvalue weighted by atomic mass is 32.1. The lowest BCUT2D eigenvalue weighted by molar-refractivity contribution is 0.102. The summed E-state index contributed by atoms with van der Waals surface area (Å²) in [6.07, 6.45) is 3.35. The molecule has 0 aliphatic heterocycles. The van der Waals surface area contributed by atoms with Gasteiger partial charge in [-0.1, -0.05) is 97.8 Å². The normalized spacial score (nSPS) is 11.5. The number of nitrogens with zero attached hydrogens (tertiary/aromatic N) is 2. The lowest BCUT2D eigenvalue weighted by Crippen LogP contribution is -2.16. The molecule has 0 saturated heterocycles. The van der Waals surface area contributed by atoms with Crippen LogP contribution < -0.4 is 10.1 Å². The lowest BCUT2D eigenvalue weighted by Gasteiger charge is -2.12. The zero-order chi connectivity index (χ0) is 22.2. The maximum absolute atomic E-state index is 13.0. The molecule has 0 saturated carbocycles. The highest BCUT2D eigenvalue weighted by Gasteiger charge is 2.18. The molecule has 4 rings (SSSR count). The lowest BCUT2D eigenvalue weighted by atomic mass is 10.1. The van der Waals surface area contributed by atoms with Crippen molar-refractivity contribution in [3.8, 4) is 11.3 Å². The van der Waals surface area contributed by atoms with Crippen LogP contribution in [0.5, 0.6) is 0 Å². The molecule has 0 unspecified atom stereocenters. The van der Waals surface area contributed by atoms with Crippen LogP contribution in [0.1, 0.15) is 36.5 Å². The Kier molecular flexibility index (Phi) is 7.31. The zero-order valence-corrected chi connectivity index (χ0v) is 19.0. The van der Waals surface area contributed by atoms with E-state index < -0.39 is 0 Å². The van der Waals surface area contributed by atoms with Crippen molar-refractivity contribution in [1.82, 2.24) is 4.57 Å². The van der Waals surface area contributed by atoms with Gasteiger partial charge in [-0.05, 0) is 30.7 Å². The van der Waals surface area contributed by atoms with E-state index in [9.17, 15) is 4.79 Å². The van der Waals surface area contributed by atoms with Crippen LogP contribution in [-0.4, -0.2) is 10.5 Å². The number of aromatic nitrogens is 1. The number of anilines is 1. The van der Waals surface area contributed by atoms with E-state index in [2.05, 4.69) is 28.9 Å². The van der Waals surface area contributed by atoms with E-state index >= 15 is 0 Å². The van der Waals surface area contributed by atoms with Gasteiger partial charge in [-0.25, -0.2) is 4.99 Å². The van der Waals surface area contributed by atoms with Gasteiger partial charge in [0.25, 0.3) is 5.91 Å². The minimum Gasteiger partial charge on any atom is -0.315 e. The Morgan fingerprint density at radius 1 is 0.875 bits per heavy atom. The maximum Gasteiger partial charge on any atom is 0.256 e.